The molecule has 2 N–H and O–H groups in total. The molecular formula is C19H14O3. The minimum atomic E-state index is -1.41. The second-order valence-electron chi connectivity index (χ2n) is 5.55. The number of carbonyl (C=O) groups is 1. The molecule has 1 aliphatic carbocycles. The molecule has 0 unspecified atom stereocenters. The fourth-order valence-corrected chi connectivity index (χ4v) is 3.23. The van der Waals surface area contributed by atoms with Crippen LogP contribution >= 0.6 is 0 Å². The zero-order chi connectivity index (χ0) is 15.3. The topological polar surface area (TPSA) is 57.5 Å². The smallest absolute Gasteiger partial charge is 0.195 e. The lowest BCUT2D eigenvalue weighted by Gasteiger charge is -2.27. The minimum Gasteiger partial charge on any atom is -0.385 e. The number of benzene rings is 3. The molecule has 4 rings (SSSR count). The maximum absolute atomic E-state index is 12.6. The van der Waals surface area contributed by atoms with E-state index in [1.54, 1.807) is 6.07 Å². The first kappa shape index (κ1) is 13.2. The van der Waals surface area contributed by atoms with Crippen LogP contribution in [0.5, 0.6) is 0 Å². The van der Waals surface area contributed by atoms with Crippen LogP contribution in [-0.4, -0.2) is 22.1 Å². The molecule has 0 bridgehead atoms. The average Bonchev–Trinajstić information content (AvgIpc) is 2.58. The minimum absolute atomic E-state index is 0.421. The third-order valence-corrected chi connectivity index (χ3v) is 4.30. The van der Waals surface area contributed by atoms with Gasteiger partial charge in [0.25, 0.3) is 0 Å². The first-order valence-corrected chi connectivity index (χ1v) is 7.20. The van der Waals surface area contributed by atoms with E-state index in [1.807, 2.05) is 54.6 Å². The summed E-state index contributed by atoms with van der Waals surface area (Å²) in [5, 5.41) is 22.0. The fraction of sp³-hybridized carbons (Fsp3) is 0.105. The number of aliphatic hydroxyl groups is 2. The maximum Gasteiger partial charge on any atom is 0.195 e. The number of Topliss-reactive ketones (excluding diaryl/α,β-unsaturated/α-hetero) is 1. The van der Waals surface area contributed by atoms with E-state index >= 15 is 0 Å². The van der Waals surface area contributed by atoms with Crippen molar-refractivity contribution in [3.63, 3.8) is 0 Å². The molecule has 0 saturated heterocycles. The second-order valence-corrected chi connectivity index (χ2v) is 5.55. The summed E-state index contributed by atoms with van der Waals surface area (Å²) in [7, 11) is 0. The van der Waals surface area contributed by atoms with Crippen molar-refractivity contribution in [2.24, 2.45) is 0 Å². The highest BCUT2D eigenvalue weighted by atomic mass is 16.3. The summed E-state index contributed by atoms with van der Waals surface area (Å²) in [5.41, 5.74) is 2.82. The largest absolute Gasteiger partial charge is 0.385 e. The molecule has 0 spiro atoms. The summed E-state index contributed by atoms with van der Waals surface area (Å²) in [6.07, 6.45) is -2.59. The molecule has 0 radical (unpaired) electrons. The Morgan fingerprint density at radius 3 is 2.32 bits per heavy atom. The number of carbonyl (C=O) groups excluding carboxylic acids is 1. The van der Waals surface area contributed by atoms with Gasteiger partial charge in [-0.2, -0.15) is 0 Å². The van der Waals surface area contributed by atoms with Gasteiger partial charge in [0.1, 0.15) is 12.2 Å². The van der Waals surface area contributed by atoms with Gasteiger partial charge in [0.15, 0.2) is 5.78 Å². The van der Waals surface area contributed by atoms with Crippen LogP contribution in [-0.2, 0) is 0 Å². The molecule has 1 aliphatic rings. The van der Waals surface area contributed by atoms with Crippen LogP contribution in [0, 0.1) is 0 Å². The van der Waals surface area contributed by atoms with E-state index in [1.165, 1.54) is 0 Å². The molecule has 0 heterocycles. The third kappa shape index (κ3) is 1.73. The molecule has 3 aromatic carbocycles. The molecule has 2 atom stereocenters. The molecule has 108 valence electrons. The van der Waals surface area contributed by atoms with Crippen molar-refractivity contribution < 1.29 is 15.0 Å². The molecule has 0 amide bonds. The number of hydrogen-bond acceptors (Lipinski definition) is 3. The summed E-state index contributed by atoms with van der Waals surface area (Å²) in [4.78, 5) is 12.6. The number of ketones is 1. The second kappa shape index (κ2) is 4.77. The van der Waals surface area contributed by atoms with Crippen molar-refractivity contribution in [1.82, 2.24) is 0 Å². The summed E-state index contributed by atoms with van der Waals surface area (Å²) >= 11 is 0. The number of aliphatic hydroxyl groups excluding tert-OH is 2. The molecular weight excluding hydrogens is 276 g/mol. The highest BCUT2D eigenvalue weighted by Gasteiger charge is 2.36. The molecule has 3 heteroatoms. The molecule has 0 fully saturated rings. The Morgan fingerprint density at radius 1 is 0.773 bits per heavy atom. The van der Waals surface area contributed by atoms with E-state index < -0.39 is 18.0 Å². The summed E-state index contributed by atoms with van der Waals surface area (Å²) < 4.78 is 0. The Morgan fingerprint density at radius 2 is 1.55 bits per heavy atom. The first-order chi connectivity index (χ1) is 10.7. The van der Waals surface area contributed by atoms with E-state index in [4.69, 9.17) is 0 Å². The van der Waals surface area contributed by atoms with Gasteiger partial charge in [-0.15, -0.1) is 0 Å². The Bertz CT molecular complexity index is 884. The lowest BCUT2D eigenvalue weighted by molar-refractivity contribution is 0.0193. The Kier molecular flexibility index (Phi) is 2.86. The van der Waals surface area contributed by atoms with Crippen LogP contribution in [0.2, 0.25) is 0 Å². The fourth-order valence-electron chi connectivity index (χ4n) is 3.23. The van der Waals surface area contributed by atoms with Gasteiger partial charge in [-0.3, -0.25) is 4.79 Å². The van der Waals surface area contributed by atoms with E-state index in [0.717, 1.165) is 21.9 Å². The van der Waals surface area contributed by atoms with Gasteiger partial charge < -0.3 is 10.2 Å². The van der Waals surface area contributed by atoms with Crippen molar-refractivity contribution in [3.8, 4) is 11.1 Å². The van der Waals surface area contributed by atoms with E-state index in [9.17, 15) is 15.0 Å². The predicted octanol–water partition coefficient (Wildman–Crippen LogP) is 3.10. The van der Waals surface area contributed by atoms with Crippen molar-refractivity contribution in [2.45, 2.75) is 12.2 Å². The average molecular weight is 290 g/mol. The van der Waals surface area contributed by atoms with Gasteiger partial charge in [0.2, 0.25) is 0 Å². The van der Waals surface area contributed by atoms with Gasteiger partial charge in [0.05, 0.1) is 0 Å². The standard InChI is InChI=1S/C19H14O3/c20-17-14-8-4-7-12-9-10-13(11-5-2-1-3-6-11)16(15(12)14)18(21)19(17)22/h1-10,17,19-20,22H/t17-,19+/m0/s1. The van der Waals surface area contributed by atoms with Crippen LogP contribution in [0.15, 0.2) is 60.7 Å². The van der Waals surface area contributed by atoms with E-state index in [2.05, 4.69) is 0 Å². The molecule has 22 heavy (non-hydrogen) atoms. The normalized spacial score (nSPS) is 20.4. The quantitative estimate of drug-likeness (QED) is 0.724. The molecule has 0 saturated carbocycles. The van der Waals surface area contributed by atoms with Gasteiger partial charge in [-0.05, 0) is 27.5 Å². The van der Waals surface area contributed by atoms with Gasteiger partial charge in [-0.25, -0.2) is 0 Å². The lowest BCUT2D eigenvalue weighted by Crippen LogP contribution is -2.32. The van der Waals surface area contributed by atoms with Crippen LogP contribution < -0.4 is 0 Å². The van der Waals surface area contributed by atoms with Crippen LogP contribution in [0.25, 0.3) is 21.9 Å². The highest BCUT2D eigenvalue weighted by molar-refractivity contribution is 6.18. The van der Waals surface area contributed by atoms with Gasteiger partial charge in [0, 0.05) is 5.56 Å². The highest BCUT2D eigenvalue weighted by Crippen LogP contribution is 2.40. The maximum atomic E-state index is 12.6. The summed E-state index contributed by atoms with van der Waals surface area (Å²) in [5.74, 6) is -0.421. The first-order valence-electron chi connectivity index (χ1n) is 7.20. The molecule has 3 nitrogen and oxygen atoms in total. The van der Waals surface area contributed by atoms with Crippen molar-refractivity contribution >= 4 is 16.6 Å². The zero-order valence-electron chi connectivity index (χ0n) is 11.7. The van der Waals surface area contributed by atoms with Crippen molar-refractivity contribution in [1.29, 1.82) is 0 Å². The third-order valence-electron chi connectivity index (χ3n) is 4.30. The Balaban J connectivity index is 2.14. The molecule has 0 aliphatic heterocycles. The molecule has 3 aromatic rings. The predicted molar refractivity (Wildman–Crippen MR) is 84.7 cm³/mol. The van der Waals surface area contributed by atoms with E-state index in [0.29, 0.717) is 11.1 Å². The Labute approximate surface area is 127 Å². The van der Waals surface area contributed by atoms with Crippen LogP contribution in [0.1, 0.15) is 22.0 Å². The monoisotopic (exact) mass is 290 g/mol. The van der Waals surface area contributed by atoms with Crippen molar-refractivity contribution in [3.05, 3.63) is 71.8 Å². The van der Waals surface area contributed by atoms with Gasteiger partial charge >= 0.3 is 0 Å². The number of hydrogen-bond donors (Lipinski definition) is 2. The summed E-state index contributed by atoms with van der Waals surface area (Å²) in [6, 6.07) is 19.0. The van der Waals surface area contributed by atoms with Crippen LogP contribution in [0.3, 0.4) is 0 Å². The SMILES string of the molecule is O=C1c2c(-c3ccccc3)ccc3cccc(c23)[C@H](O)[C@H]1O. The molecule has 0 aromatic heterocycles. The van der Waals surface area contributed by atoms with Gasteiger partial charge in [-0.1, -0.05) is 60.7 Å². The zero-order valence-corrected chi connectivity index (χ0v) is 11.7. The van der Waals surface area contributed by atoms with Crippen molar-refractivity contribution in [2.75, 3.05) is 0 Å². The van der Waals surface area contributed by atoms with Crippen LogP contribution in [0.4, 0.5) is 0 Å². The van der Waals surface area contributed by atoms with E-state index in [-0.39, 0.29) is 0 Å². The lowest BCUT2D eigenvalue weighted by atomic mass is 9.80. The number of rotatable bonds is 1. The summed E-state index contributed by atoms with van der Waals surface area (Å²) in [6.45, 7) is 0. The Hall–Kier alpha value is -2.49.